The molecule has 88 valence electrons. The predicted molar refractivity (Wildman–Crippen MR) is 59.8 cm³/mol. The van der Waals surface area contributed by atoms with E-state index >= 15 is 0 Å². The summed E-state index contributed by atoms with van der Waals surface area (Å²) >= 11 is 0. The summed E-state index contributed by atoms with van der Waals surface area (Å²) < 4.78 is 5.48. The topological polar surface area (TPSA) is 32.7 Å². The van der Waals surface area contributed by atoms with E-state index in [9.17, 15) is 5.11 Å². The van der Waals surface area contributed by atoms with Crippen molar-refractivity contribution in [2.24, 2.45) is 5.92 Å². The van der Waals surface area contributed by atoms with Crippen molar-refractivity contribution in [3.8, 4) is 0 Å². The molecule has 2 fully saturated rings. The van der Waals surface area contributed by atoms with E-state index < -0.39 is 0 Å². The van der Waals surface area contributed by atoms with Gasteiger partial charge in [0, 0.05) is 19.2 Å². The lowest BCUT2D eigenvalue weighted by Gasteiger charge is -2.32. The van der Waals surface area contributed by atoms with Crippen LogP contribution in [0.4, 0.5) is 0 Å². The second kappa shape index (κ2) is 5.28. The highest BCUT2D eigenvalue weighted by Gasteiger charge is 2.30. The van der Waals surface area contributed by atoms with Crippen LogP contribution in [0.1, 0.15) is 32.1 Å². The molecule has 2 aliphatic rings. The lowest BCUT2D eigenvalue weighted by atomic mass is 10.0. The first-order valence-corrected chi connectivity index (χ1v) is 6.23. The molecule has 0 bridgehead atoms. The third kappa shape index (κ3) is 2.92. The summed E-state index contributed by atoms with van der Waals surface area (Å²) in [5, 5.41) is 9.82. The van der Waals surface area contributed by atoms with Crippen molar-refractivity contribution in [2.45, 2.75) is 44.2 Å². The summed E-state index contributed by atoms with van der Waals surface area (Å²) in [6.07, 6.45) is 5.71. The molecule has 0 amide bonds. The third-order valence-electron chi connectivity index (χ3n) is 3.81. The summed E-state index contributed by atoms with van der Waals surface area (Å²) in [6, 6.07) is 0.395. The van der Waals surface area contributed by atoms with E-state index in [1.807, 2.05) is 0 Å². The lowest BCUT2D eigenvalue weighted by molar-refractivity contribution is 0.0217. The normalized spacial score (nSPS) is 37.4. The Labute approximate surface area is 92.4 Å². The van der Waals surface area contributed by atoms with Gasteiger partial charge in [-0.2, -0.15) is 0 Å². The lowest BCUT2D eigenvalue weighted by Crippen LogP contribution is -2.41. The first-order chi connectivity index (χ1) is 7.27. The Morgan fingerprint density at radius 1 is 1.27 bits per heavy atom. The molecule has 1 aliphatic heterocycles. The SMILES string of the molecule is CN(CC1CCCOC1)[C@@H]1CCC[C@H]1O. The first-order valence-electron chi connectivity index (χ1n) is 6.23. The van der Waals surface area contributed by atoms with E-state index in [2.05, 4.69) is 11.9 Å². The van der Waals surface area contributed by atoms with Crippen LogP contribution in [0.3, 0.4) is 0 Å². The van der Waals surface area contributed by atoms with Crippen LogP contribution in [0.5, 0.6) is 0 Å². The number of rotatable bonds is 3. The molecule has 3 nitrogen and oxygen atoms in total. The number of hydrogen-bond donors (Lipinski definition) is 1. The van der Waals surface area contributed by atoms with Crippen molar-refractivity contribution in [1.82, 2.24) is 4.90 Å². The van der Waals surface area contributed by atoms with Gasteiger partial charge in [0.25, 0.3) is 0 Å². The van der Waals surface area contributed by atoms with Gasteiger partial charge in [0.2, 0.25) is 0 Å². The van der Waals surface area contributed by atoms with Crippen molar-refractivity contribution >= 4 is 0 Å². The fourth-order valence-corrected chi connectivity index (χ4v) is 2.93. The average Bonchev–Trinajstić information content (AvgIpc) is 2.66. The first kappa shape index (κ1) is 11.4. The predicted octanol–water partition coefficient (Wildman–Crippen LogP) is 1.26. The number of aliphatic hydroxyl groups is 1. The second-order valence-electron chi connectivity index (χ2n) is 5.09. The highest BCUT2D eigenvalue weighted by atomic mass is 16.5. The van der Waals surface area contributed by atoms with E-state index in [1.165, 1.54) is 19.3 Å². The molecule has 0 radical (unpaired) electrons. The van der Waals surface area contributed by atoms with E-state index in [4.69, 9.17) is 4.74 Å². The van der Waals surface area contributed by atoms with E-state index in [0.29, 0.717) is 12.0 Å². The molecule has 0 aromatic rings. The minimum atomic E-state index is -0.0977. The smallest absolute Gasteiger partial charge is 0.0695 e. The maximum Gasteiger partial charge on any atom is 0.0695 e. The molecule has 0 spiro atoms. The molecule has 3 heteroatoms. The molecule has 1 heterocycles. The molecule has 15 heavy (non-hydrogen) atoms. The Kier molecular flexibility index (Phi) is 4.00. The number of hydrogen-bond acceptors (Lipinski definition) is 3. The summed E-state index contributed by atoms with van der Waals surface area (Å²) in [4.78, 5) is 2.34. The van der Waals surface area contributed by atoms with Crippen LogP contribution >= 0.6 is 0 Å². The summed E-state index contributed by atoms with van der Waals surface area (Å²) in [5.41, 5.74) is 0. The average molecular weight is 213 g/mol. The number of aliphatic hydroxyl groups excluding tert-OH is 1. The Balaban J connectivity index is 1.77. The van der Waals surface area contributed by atoms with Gasteiger partial charge in [0.1, 0.15) is 0 Å². The van der Waals surface area contributed by atoms with Crippen LogP contribution < -0.4 is 0 Å². The van der Waals surface area contributed by atoms with Gasteiger partial charge in [-0.15, -0.1) is 0 Å². The molecule has 1 saturated carbocycles. The van der Waals surface area contributed by atoms with Crippen LogP contribution in [0.2, 0.25) is 0 Å². The third-order valence-corrected chi connectivity index (χ3v) is 3.81. The number of ether oxygens (including phenoxy) is 1. The van der Waals surface area contributed by atoms with Gasteiger partial charge < -0.3 is 14.7 Å². The van der Waals surface area contributed by atoms with Gasteiger partial charge in [-0.05, 0) is 45.1 Å². The van der Waals surface area contributed by atoms with Crippen molar-refractivity contribution in [3.05, 3.63) is 0 Å². The molecular formula is C12H23NO2. The molecule has 0 aromatic carbocycles. The maximum atomic E-state index is 9.82. The van der Waals surface area contributed by atoms with E-state index in [0.717, 1.165) is 32.6 Å². The number of nitrogens with zero attached hydrogens (tertiary/aromatic N) is 1. The molecule has 3 atom stereocenters. The minimum Gasteiger partial charge on any atom is -0.391 e. The Bertz CT molecular complexity index is 192. The standard InChI is InChI=1S/C12H23NO2/c1-13(11-5-2-6-12(11)14)8-10-4-3-7-15-9-10/h10-12,14H,2-9H2,1H3/t10?,11-,12-/m1/s1. The van der Waals surface area contributed by atoms with Gasteiger partial charge >= 0.3 is 0 Å². The molecular weight excluding hydrogens is 190 g/mol. The summed E-state index contributed by atoms with van der Waals surface area (Å²) in [5.74, 6) is 0.677. The van der Waals surface area contributed by atoms with Gasteiger partial charge in [0.15, 0.2) is 0 Å². The molecule has 1 saturated heterocycles. The molecule has 1 aliphatic carbocycles. The monoisotopic (exact) mass is 213 g/mol. The van der Waals surface area contributed by atoms with Crippen LogP contribution in [-0.4, -0.2) is 49.0 Å². The van der Waals surface area contributed by atoms with Crippen LogP contribution in [-0.2, 0) is 4.74 Å². The molecule has 1 unspecified atom stereocenters. The fourth-order valence-electron chi connectivity index (χ4n) is 2.93. The van der Waals surface area contributed by atoms with Crippen LogP contribution in [0.25, 0.3) is 0 Å². The quantitative estimate of drug-likeness (QED) is 0.766. The Morgan fingerprint density at radius 3 is 2.73 bits per heavy atom. The molecule has 1 N–H and O–H groups in total. The largest absolute Gasteiger partial charge is 0.391 e. The van der Waals surface area contributed by atoms with Crippen molar-refractivity contribution in [1.29, 1.82) is 0 Å². The zero-order valence-corrected chi connectivity index (χ0v) is 9.69. The number of likely N-dealkylation sites (N-methyl/N-ethyl adjacent to an activating group) is 1. The molecule has 2 rings (SSSR count). The van der Waals surface area contributed by atoms with Gasteiger partial charge in [-0.1, -0.05) is 0 Å². The highest BCUT2D eigenvalue weighted by Crippen LogP contribution is 2.25. The Hall–Kier alpha value is -0.120. The van der Waals surface area contributed by atoms with Crippen LogP contribution in [0.15, 0.2) is 0 Å². The summed E-state index contributed by atoms with van der Waals surface area (Å²) in [7, 11) is 2.15. The van der Waals surface area contributed by atoms with Crippen LogP contribution in [0, 0.1) is 5.92 Å². The zero-order valence-electron chi connectivity index (χ0n) is 9.69. The minimum absolute atomic E-state index is 0.0977. The second-order valence-corrected chi connectivity index (χ2v) is 5.09. The van der Waals surface area contributed by atoms with E-state index in [-0.39, 0.29) is 6.10 Å². The van der Waals surface area contributed by atoms with E-state index in [1.54, 1.807) is 0 Å². The van der Waals surface area contributed by atoms with Gasteiger partial charge in [0.05, 0.1) is 12.7 Å². The van der Waals surface area contributed by atoms with Crippen molar-refractivity contribution < 1.29 is 9.84 Å². The van der Waals surface area contributed by atoms with Gasteiger partial charge in [-0.25, -0.2) is 0 Å². The van der Waals surface area contributed by atoms with Gasteiger partial charge in [-0.3, -0.25) is 0 Å². The fraction of sp³-hybridized carbons (Fsp3) is 1.00. The molecule has 0 aromatic heterocycles. The van der Waals surface area contributed by atoms with Crippen molar-refractivity contribution in [2.75, 3.05) is 26.8 Å². The zero-order chi connectivity index (χ0) is 10.7. The maximum absolute atomic E-state index is 9.82. The van der Waals surface area contributed by atoms with Crippen molar-refractivity contribution in [3.63, 3.8) is 0 Å². The Morgan fingerprint density at radius 2 is 2.13 bits per heavy atom. The summed E-state index contributed by atoms with van der Waals surface area (Å²) in [6.45, 7) is 2.93. The highest BCUT2D eigenvalue weighted by molar-refractivity contribution is 4.84.